The predicted octanol–water partition coefficient (Wildman–Crippen LogP) is 3.38. The summed E-state index contributed by atoms with van der Waals surface area (Å²) in [5.41, 5.74) is -1.41. The molecule has 0 rings (SSSR count). The Labute approximate surface area is 125 Å². The van der Waals surface area contributed by atoms with E-state index in [4.69, 9.17) is 9.47 Å². The minimum absolute atomic E-state index is 0.114. The van der Waals surface area contributed by atoms with E-state index in [-0.39, 0.29) is 5.60 Å². The maximum absolute atomic E-state index is 9.74. The maximum Gasteiger partial charge on any atom is 0.117 e. The zero-order valence-electron chi connectivity index (χ0n) is 14.7. The average molecular weight is 289 g/mol. The van der Waals surface area contributed by atoms with Crippen molar-refractivity contribution in [3.05, 3.63) is 0 Å². The molecule has 1 N–H and O–H groups in total. The van der Waals surface area contributed by atoms with E-state index in [0.29, 0.717) is 13.3 Å². The van der Waals surface area contributed by atoms with Crippen LogP contribution in [0.4, 0.5) is 0 Å². The van der Waals surface area contributed by atoms with Crippen molar-refractivity contribution in [3.8, 4) is 0 Å². The summed E-state index contributed by atoms with van der Waals surface area (Å²) in [6.07, 6.45) is 3.42. The molecule has 4 nitrogen and oxygen atoms in total. The van der Waals surface area contributed by atoms with Gasteiger partial charge in [-0.2, -0.15) is 0 Å². The van der Waals surface area contributed by atoms with Gasteiger partial charge in [0.2, 0.25) is 0 Å². The van der Waals surface area contributed by atoms with Gasteiger partial charge in [0.05, 0.1) is 17.8 Å². The third-order valence-corrected chi connectivity index (χ3v) is 3.48. The molecule has 0 bridgehead atoms. The Morgan fingerprint density at radius 1 is 1.00 bits per heavy atom. The zero-order valence-corrected chi connectivity index (χ0v) is 14.7. The molecular weight excluding hydrogens is 254 g/mol. The average Bonchev–Trinajstić information content (AvgIpc) is 2.30. The van der Waals surface area contributed by atoms with Gasteiger partial charge in [0, 0.05) is 0 Å². The molecule has 0 heterocycles. The first-order valence-corrected chi connectivity index (χ1v) is 7.61. The number of ether oxygens (including phenoxy) is 2. The monoisotopic (exact) mass is 289 g/mol. The third-order valence-electron chi connectivity index (χ3n) is 3.48. The van der Waals surface area contributed by atoms with E-state index in [0.717, 1.165) is 6.42 Å². The fourth-order valence-corrected chi connectivity index (χ4v) is 1.57. The number of hydrogen-bond acceptors (Lipinski definition) is 4. The number of nitrogens with zero attached hydrogens (tertiary/aromatic N) is 1. The molecule has 20 heavy (non-hydrogen) atoms. The molecule has 4 heteroatoms. The molecule has 0 aliphatic carbocycles. The highest BCUT2D eigenvalue weighted by Gasteiger charge is 2.29. The molecule has 0 atom stereocenters. The van der Waals surface area contributed by atoms with Gasteiger partial charge in [-0.05, 0) is 55.0 Å². The lowest BCUT2D eigenvalue weighted by molar-refractivity contribution is -0.196. The molecule has 0 radical (unpaired) electrons. The summed E-state index contributed by atoms with van der Waals surface area (Å²) in [5.74, 6) is 0. The smallest absolute Gasteiger partial charge is 0.117 e. The van der Waals surface area contributed by atoms with Crippen molar-refractivity contribution < 1.29 is 14.6 Å². The summed E-state index contributed by atoms with van der Waals surface area (Å²) in [4.78, 5) is 2.02. The molecule has 0 aromatic heterocycles. The van der Waals surface area contributed by atoms with Crippen molar-refractivity contribution in [2.45, 2.75) is 84.7 Å². The van der Waals surface area contributed by atoms with Crippen molar-refractivity contribution in [2.24, 2.45) is 0 Å². The minimum atomic E-state index is -0.820. The van der Waals surface area contributed by atoms with E-state index in [1.807, 2.05) is 25.8 Å². The summed E-state index contributed by atoms with van der Waals surface area (Å²) in [6, 6.07) is 0. The molecule has 0 unspecified atom stereocenters. The van der Waals surface area contributed by atoms with Crippen LogP contribution in [0.25, 0.3) is 0 Å². The summed E-state index contributed by atoms with van der Waals surface area (Å²) in [6.45, 7) is 14.7. The maximum atomic E-state index is 9.74. The first-order valence-electron chi connectivity index (χ1n) is 7.61. The molecule has 0 spiro atoms. The van der Waals surface area contributed by atoms with Gasteiger partial charge in [0.15, 0.2) is 0 Å². The number of aliphatic hydroxyl groups is 1. The second-order valence-electron chi connectivity index (χ2n) is 7.38. The second-order valence-corrected chi connectivity index (χ2v) is 7.38. The third kappa shape index (κ3) is 8.90. The molecule has 0 saturated heterocycles. The van der Waals surface area contributed by atoms with Gasteiger partial charge in [0.1, 0.15) is 12.5 Å². The van der Waals surface area contributed by atoms with Gasteiger partial charge < -0.3 is 14.6 Å². The molecule has 0 aliphatic heterocycles. The molecule has 0 saturated carbocycles. The Morgan fingerprint density at radius 2 is 1.55 bits per heavy atom. The first kappa shape index (κ1) is 19.8. The van der Waals surface area contributed by atoms with E-state index in [1.165, 1.54) is 12.8 Å². The molecule has 0 fully saturated rings. The second kappa shape index (κ2) is 7.74. The number of rotatable bonds is 10. The van der Waals surface area contributed by atoms with E-state index < -0.39 is 11.3 Å². The van der Waals surface area contributed by atoms with Crippen LogP contribution in [0.2, 0.25) is 0 Å². The molecule has 0 amide bonds. The van der Waals surface area contributed by atoms with E-state index in [1.54, 1.807) is 13.8 Å². The first-order chi connectivity index (χ1) is 8.90. The lowest BCUT2D eigenvalue weighted by atomic mass is 10.0. The quantitative estimate of drug-likeness (QED) is 0.626. The van der Waals surface area contributed by atoms with Crippen LogP contribution in [0, 0.1) is 0 Å². The van der Waals surface area contributed by atoms with Gasteiger partial charge in [-0.15, -0.1) is 0 Å². The fourth-order valence-electron chi connectivity index (χ4n) is 1.57. The highest BCUT2D eigenvalue weighted by atomic mass is 16.5. The standard InChI is InChI=1S/C16H35NO3/c1-9-10-11-15(4,5)20-13-17(8)16(6,7)19-12-14(2,3)18/h18H,9-13H2,1-8H3. The lowest BCUT2D eigenvalue weighted by Crippen LogP contribution is -2.48. The summed E-state index contributed by atoms with van der Waals surface area (Å²) >= 11 is 0. The van der Waals surface area contributed by atoms with Crippen LogP contribution >= 0.6 is 0 Å². The van der Waals surface area contributed by atoms with Crippen LogP contribution in [-0.2, 0) is 9.47 Å². The highest BCUT2D eigenvalue weighted by molar-refractivity contribution is 4.73. The molecule has 122 valence electrons. The highest BCUT2D eigenvalue weighted by Crippen LogP contribution is 2.21. The van der Waals surface area contributed by atoms with Crippen molar-refractivity contribution in [1.29, 1.82) is 0 Å². The largest absolute Gasteiger partial charge is 0.388 e. The van der Waals surface area contributed by atoms with Gasteiger partial charge in [-0.3, -0.25) is 4.90 Å². The summed E-state index contributed by atoms with van der Waals surface area (Å²) in [7, 11) is 1.97. The van der Waals surface area contributed by atoms with Crippen LogP contribution in [-0.4, -0.2) is 47.3 Å². The van der Waals surface area contributed by atoms with Gasteiger partial charge >= 0.3 is 0 Å². The normalized spacial score (nSPS) is 14.1. The van der Waals surface area contributed by atoms with Gasteiger partial charge in [0.25, 0.3) is 0 Å². The van der Waals surface area contributed by atoms with Crippen LogP contribution < -0.4 is 0 Å². The van der Waals surface area contributed by atoms with E-state index in [9.17, 15) is 5.11 Å². The minimum Gasteiger partial charge on any atom is -0.388 e. The van der Waals surface area contributed by atoms with E-state index >= 15 is 0 Å². The molecular formula is C16H35NO3. The van der Waals surface area contributed by atoms with Gasteiger partial charge in [-0.25, -0.2) is 0 Å². The summed E-state index contributed by atoms with van der Waals surface area (Å²) < 4.78 is 11.8. The zero-order chi connectivity index (χ0) is 16.0. The summed E-state index contributed by atoms with van der Waals surface area (Å²) in [5, 5.41) is 9.74. The lowest BCUT2D eigenvalue weighted by Gasteiger charge is -2.38. The predicted molar refractivity (Wildman–Crippen MR) is 83.6 cm³/mol. The topological polar surface area (TPSA) is 41.9 Å². The Bertz CT molecular complexity index is 269. The van der Waals surface area contributed by atoms with Crippen LogP contribution in [0.3, 0.4) is 0 Å². The Hall–Kier alpha value is -0.160. The molecule has 0 aromatic rings. The van der Waals surface area contributed by atoms with E-state index in [2.05, 4.69) is 20.8 Å². The van der Waals surface area contributed by atoms with Crippen molar-refractivity contribution in [3.63, 3.8) is 0 Å². The van der Waals surface area contributed by atoms with Crippen LogP contribution in [0.5, 0.6) is 0 Å². The Morgan fingerprint density at radius 3 is 2.00 bits per heavy atom. The SMILES string of the molecule is CCCCC(C)(C)OCN(C)C(C)(C)OCC(C)(C)O. The molecule has 0 aliphatic rings. The Kier molecular flexibility index (Phi) is 7.67. The van der Waals surface area contributed by atoms with Crippen molar-refractivity contribution >= 4 is 0 Å². The van der Waals surface area contributed by atoms with Crippen LogP contribution in [0.15, 0.2) is 0 Å². The number of unbranched alkanes of at least 4 members (excludes halogenated alkanes) is 1. The fraction of sp³-hybridized carbons (Fsp3) is 1.00. The molecule has 0 aromatic carbocycles. The Balaban J connectivity index is 4.27. The van der Waals surface area contributed by atoms with Crippen LogP contribution in [0.1, 0.15) is 67.7 Å². The van der Waals surface area contributed by atoms with Crippen molar-refractivity contribution in [2.75, 3.05) is 20.4 Å². The van der Waals surface area contributed by atoms with Crippen molar-refractivity contribution in [1.82, 2.24) is 4.90 Å². The van der Waals surface area contributed by atoms with Gasteiger partial charge in [-0.1, -0.05) is 19.8 Å². The number of hydrogen-bond donors (Lipinski definition) is 1.